The molecule has 1 aliphatic rings. The minimum Gasteiger partial charge on any atom is -0.367 e. The van der Waals surface area contributed by atoms with Gasteiger partial charge in [-0.1, -0.05) is 12.1 Å². The number of hydrogen-bond acceptors (Lipinski definition) is 4. The maximum atomic E-state index is 13.0. The van der Waals surface area contributed by atoms with E-state index < -0.39 is 6.04 Å². The third-order valence-corrected chi connectivity index (χ3v) is 4.41. The Bertz CT molecular complexity index is 503. The van der Waals surface area contributed by atoms with E-state index in [4.69, 9.17) is 10.5 Å². The first-order chi connectivity index (χ1) is 10.5. The highest BCUT2D eigenvalue weighted by atomic mass is 35.5. The third kappa shape index (κ3) is 5.64. The Labute approximate surface area is 147 Å². The highest BCUT2D eigenvalue weighted by Gasteiger charge is 2.31. The topological polar surface area (TPSA) is 55.6 Å². The first-order valence-electron chi connectivity index (χ1n) is 7.45. The largest absolute Gasteiger partial charge is 0.367 e. The van der Waals surface area contributed by atoms with E-state index in [0.717, 1.165) is 11.3 Å². The van der Waals surface area contributed by atoms with Gasteiger partial charge in [0.1, 0.15) is 11.9 Å². The van der Waals surface area contributed by atoms with Crippen LogP contribution >= 0.6 is 24.2 Å². The molecule has 0 radical (unpaired) electrons. The van der Waals surface area contributed by atoms with Crippen molar-refractivity contribution in [1.29, 1.82) is 0 Å². The van der Waals surface area contributed by atoms with Gasteiger partial charge < -0.3 is 15.4 Å². The van der Waals surface area contributed by atoms with Crippen molar-refractivity contribution in [2.45, 2.75) is 31.6 Å². The summed E-state index contributed by atoms with van der Waals surface area (Å²) in [4.78, 5) is 14.2. The van der Waals surface area contributed by atoms with E-state index in [1.54, 1.807) is 28.8 Å². The lowest BCUT2D eigenvalue weighted by Gasteiger charge is -2.38. The highest BCUT2D eigenvalue weighted by molar-refractivity contribution is 7.98. The second-order valence-electron chi connectivity index (χ2n) is 5.62. The number of rotatable bonds is 5. The average Bonchev–Trinajstić information content (AvgIpc) is 2.52. The summed E-state index contributed by atoms with van der Waals surface area (Å²) in [5.41, 5.74) is 6.87. The standard InChI is InChI=1S/C16H23FN2O2S.ClH/c1-11-9-19(16(20)14(18)7-8-22-2)10-15(21-11)12-3-5-13(17)6-4-12;/h3-6,11,14-15H,7-10,18H2,1-2H3;1H/t11?,14-,15?;/m0./s1. The Hall–Kier alpha value is -0.820. The van der Waals surface area contributed by atoms with Gasteiger partial charge in [0.2, 0.25) is 5.91 Å². The minimum atomic E-state index is -0.466. The predicted molar refractivity (Wildman–Crippen MR) is 94.5 cm³/mol. The predicted octanol–water partition coefficient (Wildman–Crippen LogP) is 2.62. The van der Waals surface area contributed by atoms with Gasteiger partial charge in [-0.15, -0.1) is 12.4 Å². The summed E-state index contributed by atoms with van der Waals surface area (Å²) < 4.78 is 18.9. The smallest absolute Gasteiger partial charge is 0.239 e. The van der Waals surface area contributed by atoms with Crippen LogP contribution in [0, 0.1) is 5.82 Å². The highest BCUT2D eigenvalue weighted by Crippen LogP contribution is 2.26. The molecule has 0 aliphatic carbocycles. The number of hydrogen-bond donors (Lipinski definition) is 1. The molecule has 1 aromatic rings. The van der Waals surface area contributed by atoms with Crippen molar-refractivity contribution < 1.29 is 13.9 Å². The van der Waals surface area contributed by atoms with Crippen LogP contribution in [0.15, 0.2) is 24.3 Å². The van der Waals surface area contributed by atoms with E-state index in [9.17, 15) is 9.18 Å². The van der Waals surface area contributed by atoms with E-state index in [0.29, 0.717) is 19.5 Å². The average molecular weight is 363 g/mol. The number of benzene rings is 1. The van der Waals surface area contributed by atoms with Crippen molar-refractivity contribution in [3.05, 3.63) is 35.6 Å². The molecule has 1 aliphatic heterocycles. The van der Waals surface area contributed by atoms with Gasteiger partial charge in [0.25, 0.3) is 0 Å². The molecule has 0 saturated carbocycles. The summed E-state index contributed by atoms with van der Waals surface area (Å²) in [6.45, 7) is 2.94. The molecule has 3 atom stereocenters. The minimum absolute atomic E-state index is 0. The first-order valence-corrected chi connectivity index (χ1v) is 8.85. The Kier molecular flexibility index (Phi) is 8.33. The molecule has 130 valence electrons. The van der Waals surface area contributed by atoms with Crippen molar-refractivity contribution >= 4 is 30.1 Å². The van der Waals surface area contributed by atoms with Gasteiger partial charge >= 0.3 is 0 Å². The molecule has 2 N–H and O–H groups in total. The molecule has 1 saturated heterocycles. The quantitative estimate of drug-likeness (QED) is 0.874. The molecule has 1 heterocycles. The zero-order valence-corrected chi connectivity index (χ0v) is 15.0. The van der Waals surface area contributed by atoms with Crippen molar-refractivity contribution in [3.8, 4) is 0 Å². The lowest BCUT2D eigenvalue weighted by atomic mass is 10.1. The molecule has 1 amide bonds. The summed E-state index contributed by atoms with van der Waals surface area (Å²) in [6.07, 6.45) is 2.37. The molecule has 0 spiro atoms. The van der Waals surface area contributed by atoms with Gasteiger partial charge in [-0.25, -0.2) is 4.39 Å². The fraction of sp³-hybridized carbons (Fsp3) is 0.562. The molecule has 2 unspecified atom stereocenters. The third-order valence-electron chi connectivity index (χ3n) is 3.76. The maximum Gasteiger partial charge on any atom is 0.239 e. The molecule has 1 aromatic carbocycles. The Morgan fingerprint density at radius 1 is 1.43 bits per heavy atom. The molecule has 23 heavy (non-hydrogen) atoms. The maximum absolute atomic E-state index is 13.0. The summed E-state index contributed by atoms with van der Waals surface area (Å²) in [7, 11) is 0. The van der Waals surface area contributed by atoms with Crippen molar-refractivity contribution in [1.82, 2.24) is 4.90 Å². The number of halogens is 2. The molecule has 7 heteroatoms. The van der Waals surface area contributed by atoms with Crippen molar-refractivity contribution in [2.24, 2.45) is 5.73 Å². The van der Waals surface area contributed by atoms with Gasteiger partial charge in [-0.05, 0) is 43.0 Å². The van der Waals surface area contributed by atoms with E-state index in [2.05, 4.69) is 0 Å². The van der Waals surface area contributed by atoms with Crippen LogP contribution in [0.3, 0.4) is 0 Å². The summed E-state index contributed by atoms with van der Waals surface area (Å²) in [6, 6.07) is 5.76. The SMILES string of the molecule is CSCC[C@H](N)C(=O)N1CC(C)OC(c2ccc(F)cc2)C1.Cl. The lowest BCUT2D eigenvalue weighted by molar-refractivity contribution is -0.146. The molecular formula is C16H24ClFN2O2S. The van der Waals surface area contributed by atoms with E-state index >= 15 is 0 Å². The Morgan fingerprint density at radius 2 is 2.09 bits per heavy atom. The number of ether oxygens (including phenoxy) is 1. The molecular weight excluding hydrogens is 339 g/mol. The summed E-state index contributed by atoms with van der Waals surface area (Å²) in [5, 5.41) is 0. The van der Waals surface area contributed by atoms with Crippen molar-refractivity contribution in [2.75, 3.05) is 25.1 Å². The second-order valence-corrected chi connectivity index (χ2v) is 6.60. The zero-order chi connectivity index (χ0) is 16.1. The lowest BCUT2D eigenvalue weighted by Crippen LogP contribution is -2.51. The van der Waals surface area contributed by atoms with Crippen LogP contribution in [0.2, 0.25) is 0 Å². The number of thioether (sulfide) groups is 1. The van der Waals surface area contributed by atoms with Gasteiger partial charge in [0, 0.05) is 6.54 Å². The van der Waals surface area contributed by atoms with Crippen LogP contribution in [-0.4, -0.2) is 48.1 Å². The fourth-order valence-electron chi connectivity index (χ4n) is 2.60. The van der Waals surface area contributed by atoms with Crippen LogP contribution in [-0.2, 0) is 9.53 Å². The number of carbonyl (C=O) groups excluding carboxylic acids is 1. The number of amides is 1. The molecule has 0 bridgehead atoms. The zero-order valence-electron chi connectivity index (χ0n) is 13.4. The normalized spacial score (nSPS) is 22.3. The Balaban J connectivity index is 0.00000264. The van der Waals surface area contributed by atoms with Crippen molar-refractivity contribution in [3.63, 3.8) is 0 Å². The molecule has 1 fully saturated rings. The number of nitrogens with two attached hydrogens (primary N) is 1. The van der Waals surface area contributed by atoms with Crippen LogP contribution < -0.4 is 5.73 Å². The Morgan fingerprint density at radius 3 is 2.70 bits per heavy atom. The number of morpholine rings is 1. The fourth-order valence-corrected chi connectivity index (χ4v) is 3.09. The van der Waals surface area contributed by atoms with E-state index in [1.165, 1.54) is 12.1 Å². The van der Waals surface area contributed by atoms with Gasteiger partial charge in [-0.3, -0.25) is 4.79 Å². The summed E-state index contributed by atoms with van der Waals surface area (Å²) in [5.74, 6) is 0.560. The molecule has 0 aromatic heterocycles. The molecule has 4 nitrogen and oxygen atoms in total. The van der Waals surface area contributed by atoms with Crippen LogP contribution in [0.4, 0.5) is 4.39 Å². The monoisotopic (exact) mass is 362 g/mol. The number of carbonyl (C=O) groups is 1. The van der Waals surface area contributed by atoms with Crippen LogP contribution in [0.5, 0.6) is 0 Å². The molecule has 2 rings (SSSR count). The van der Waals surface area contributed by atoms with E-state index in [-0.39, 0.29) is 36.3 Å². The first kappa shape index (κ1) is 20.2. The van der Waals surface area contributed by atoms with E-state index in [1.807, 2.05) is 13.2 Å². The number of nitrogens with zero attached hydrogens (tertiary/aromatic N) is 1. The van der Waals surface area contributed by atoms with Crippen LogP contribution in [0.25, 0.3) is 0 Å². The van der Waals surface area contributed by atoms with Crippen LogP contribution in [0.1, 0.15) is 25.0 Å². The summed E-state index contributed by atoms with van der Waals surface area (Å²) >= 11 is 1.68. The van der Waals surface area contributed by atoms with Gasteiger partial charge in [-0.2, -0.15) is 11.8 Å². The van der Waals surface area contributed by atoms with Gasteiger partial charge in [0.05, 0.1) is 18.7 Å². The second kappa shape index (κ2) is 9.47. The van der Waals surface area contributed by atoms with Gasteiger partial charge in [0.15, 0.2) is 0 Å².